The van der Waals surface area contributed by atoms with Gasteiger partial charge in [0.2, 0.25) is 0 Å². The Morgan fingerprint density at radius 3 is 2.35 bits per heavy atom. The van der Waals surface area contributed by atoms with Crippen LogP contribution in [0.3, 0.4) is 0 Å². The van der Waals surface area contributed by atoms with E-state index in [-0.39, 0.29) is 5.75 Å². The lowest BCUT2D eigenvalue weighted by atomic mass is 9.98. The monoisotopic (exact) mass is 453 g/mol. The van der Waals surface area contributed by atoms with Gasteiger partial charge in [-0.3, -0.25) is 4.90 Å². The Morgan fingerprint density at radius 2 is 1.62 bits per heavy atom. The summed E-state index contributed by atoms with van der Waals surface area (Å²) in [5, 5.41) is 11.8. The quantitative estimate of drug-likeness (QED) is 0.311. The van der Waals surface area contributed by atoms with Crippen LogP contribution in [0, 0.1) is 12.8 Å². The zero-order valence-corrected chi connectivity index (χ0v) is 19.8. The first kappa shape index (κ1) is 22.3. The van der Waals surface area contributed by atoms with Gasteiger partial charge < -0.3 is 14.6 Å². The number of nitrogens with zero attached hydrogens (tertiary/aromatic N) is 1. The predicted molar refractivity (Wildman–Crippen MR) is 138 cm³/mol. The summed E-state index contributed by atoms with van der Waals surface area (Å²) in [6.45, 7) is 8.39. The molecule has 0 amide bonds. The summed E-state index contributed by atoms with van der Waals surface area (Å²) in [4.78, 5) is 2.44. The minimum atomic E-state index is 0.242. The number of phenolic OH excluding ortho intramolecular Hbond substituents is 1. The van der Waals surface area contributed by atoms with E-state index in [1.807, 2.05) is 36.4 Å². The number of fused-ring (bicyclic) bond motifs is 1. The van der Waals surface area contributed by atoms with Crippen molar-refractivity contribution >= 4 is 10.8 Å². The number of aromatic hydroxyl groups is 1. The van der Waals surface area contributed by atoms with Gasteiger partial charge in [0.1, 0.15) is 29.6 Å². The lowest BCUT2D eigenvalue weighted by Gasteiger charge is -2.38. The molecule has 4 nitrogen and oxygen atoms in total. The van der Waals surface area contributed by atoms with Crippen molar-refractivity contribution in [3.63, 3.8) is 0 Å². The van der Waals surface area contributed by atoms with Crippen LogP contribution in [0.1, 0.15) is 18.9 Å². The summed E-state index contributed by atoms with van der Waals surface area (Å²) < 4.78 is 12.4. The van der Waals surface area contributed by atoms with Crippen molar-refractivity contribution in [2.45, 2.75) is 20.3 Å². The number of ether oxygens (including phenoxy) is 2. The smallest absolute Gasteiger partial charge is 0.143 e. The van der Waals surface area contributed by atoms with Gasteiger partial charge in [-0.15, -0.1) is 0 Å². The van der Waals surface area contributed by atoms with E-state index in [4.69, 9.17) is 9.47 Å². The molecule has 0 aromatic heterocycles. The number of likely N-dealkylation sites (tertiary alicyclic amines) is 1. The van der Waals surface area contributed by atoms with Crippen molar-refractivity contribution in [1.29, 1.82) is 0 Å². The van der Waals surface area contributed by atoms with Crippen LogP contribution in [0.15, 0.2) is 78.9 Å². The van der Waals surface area contributed by atoms with Crippen LogP contribution >= 0.6 is 0 Å². The standard InChI is InChI=1S/C30H31NO3/c1-3-22-19-31(20-22)16-17-33-26-10-12-27(13-11-26)34-30-28(23-6-4-21(2)5-7-23)14-8-24-18-25(32)9-15-29(24)30/h4-15,18,22,32H,3,16-17,19-20H2,1-2H3. The first-order chi connectivity index (χ1) is 16.6. The summed E-state index contributed by atoms with van der Waals surface area (Å²) in [5.74, 6) is 3.47. The fourth-order valence-corrected chi connectivity index (χ4v) is 4.49. The minimum absolute atomic E-state index is 0.242. The lowest BCUT2D eigenvalue weighted by Crippen LogP contribution is -2.47. The summed E-state index contributed by atoms with van der Waals surface area (Å²) >= 11 is 0. The first-order valence-electron chi connectivity index (χ1n) is 12.0. The van der Waals surface area contributed by atoms with E-state index in [9.17, 15) is 5.11 Å². The number of phenols is 1. The van der Waals surface area contributed by atoms with E-state index < -0.39 is 0 Å². The molecule has 5 rings (SSSR count). The molecular weight excluding hydrogens is 422 g/mol. The molecule has 0 aliphatic carbocycles. The summed E-state index contributed by atoms with van der Waals surface area (Å²) in [7, 11) is 0. The molecule has 4 heteroatoms. The van der Waals surface area contributed by atoms with Crippen LogP contribution in [0.2, 0.25) is 0 Å². The molecule has 1 N–H and O–H groups in total. The Hall–Kier alpha value is -3.50. The molecule has 0 saturated carbocycles. The van der Waals surface area contributed by atoms with Crippen molar-refractivity contribution in [2.75, 3.05) is 26.2 Å². The van der Waals surface area contributed by atoms with E-state index in [1.165, 1.54) is 25.1 Å². The summed E-state index contributed by atoms with van der Waals surface area (Å²) in [5.41, 5.74) is 3.32. The topological polar surface area (TPSA) is 41.9 Å². The Kier molecular flexibility index (Phi) is 6.41. The first-order valence-corrected chi connectivity index (χ1v) is 12.0. The molecule has 0 radical (unpaired) electrons. The second-order valence-corrected chi connectivity index (χ2v) is 9.17. The minimum Gasteiger partial charge on any atom is -0.508 e. The average molecular weight is 454 g/mol. The fraction of sp³-hybridized carbons (Fsp3) is 0.267. The molecule has 4 aromatic rings. The molecule has 1 saturated heterocycles. The lowest BCUT2D eigenvalue weighted by molar-refractivity contribution is 0.0806. The number of rotatable bonds is 8. The predicted octanol–water partition coefficient (Wildman–Crippen LogP) is 7.03. The molecule has 4 aromatic carbocycles. The molecule has 0 atom stereocenters. The highest BCUT2D eigenvalue weighted by Gasteiger charge is 2.24. The van der Waals surface area contributed by atoms with Gasteiger partial charge in [0.05, 0.1) is 0 Å². The SMILES string of the molecule is CCC1CN(CCOc2ccc(Oc3c(-c4ccc(C)cc4)ccc4cc(O)ccc34)cc2)C1. The zero-order valence-electron chi connectivity index (χ0n) is 19.8. The third-order valence-corrected chi connectivity index (χ3v) is 6.65. The third-order valence-electron chi connectivity index (χ3n) is 6.65. The van der Waals surface area contributed by atoms with E-state index in [0.717, 1.165) is 51.6 Å². The number of benzene rings is 4. The van der Waals surface area contributed by atoms with Gasteiger partial charge >= 0.3 is 0 Å². The van der Waals surface area contributed by atoms with E-state index in [2.05, 4.69) is 49.1 Å². The molecule has 1 fully saturated rings. The molecule has 34 heavy (non-hydrogen) atoms. The van der Waals surface area contributed by atoms with Crippen LogP contribution in [0.5, 0.6) is 23.0 Å². The zero-order chi connectivity index (χ0) is 23.5. The van der Waals surface area contributed by atoms with Crippen molar-refractivity contribution in [3.05, 3.63) is 84.4 Å². The van der Waals surface area contributed by atoms with Gasteiger partial charge in [-0.1, -0.05) is 49.2 Å². The Labute approximate surface area is 201 Å². The molecule has 1 aliphatic heterocycles. The number of hydrogen-bond acceptors (Lipinski definition) is 4. The molecule has 174 valence electrons. The van der Waals surface area contributed by atoms with Crippen LogP contribution in [-0.4, -0.2) is 36.2 Å². The summed E-state index contributed by atoms with van der Waals surface area (Å²) in [6, 6.07) is 25.7. The van der Waals surface area contributed by atoms with Gasteiger partial charge in [-0.2, -0.15) is 0 Å². The van der Waals surface area contributed by atoms with Crippen molar-refractivity contribution in [1.82, 2.24) is 4.90 Å². The third kappa shape index (κ3) is 4.87. The van der Waals surface area contributed by atoms with Crippen LogP contribution in [-0.2, 0) is 0 Å². The van der Waals surface area contributed by atoms with Gasteiger partial charge in [0, 0.05) is 30.6 Å². The molecule has 0 bridgehead atoms. The second-order valence-electron chi connectivity index (χ2n) is 9.17. The number of hydrogen-bond donors (Lipinski definition) is 1. The highest BCUT2D eigenvalue weighted by molar-refractivity contribution is 5.96. The molecule has 1 heterocycles. The van der Waals surface area contributed by atoms with Crippen LogP contribution < -0.4 is 9.47 Å². The number of aryl methyl sites for hydroxylation is 1. The maximum absolute atomic E-state index is 9.95. The maximum Gasteiger partial charge on any atom is 0.143 e. The van der Waals surface area contributed by atoms with Crippen LogP contribution in [0.4, 0.5) is 0 Å². The Morgan fingerprint density at radius 1 is 0.882 bits per heavy atom. The highest BCUT2D eigenvalue weighted by atomic mass is 16.5. The molecule has 0 unspecified atom stereocenters. The second kappa shape index (κ2) is 9.78. The fourth-order valence-electron chi connectivity index (χ4n) is 4.49. The van der Waals surface area contributed by atoms with E-state index >= 15 is 0 Å². The molecule has 0 spiro atoms. The average Bonchev–Trinajstić information content (AvgIpc) is 2.82. The van der Waals surface area contributed by atoms with Gasteiger partial charge in [-0.05, 0) is 72.3 Å². The van der Waals surface area contributed by atoms with Gasteiger partial charge in [0.15, 0.2) is 0 Å². The largest absolute Gasteiger partial charge is 0.508 e. The van der Waals surface area contributed by atoms with E-state index in [0.29, 0.717) is 6.61 Å². The highest BCUT2D eigenvalue weighted by Crippen LogP contribution is 2.40. The van der Waals surface area contributed by atoms with Crippen LogP contribution in [0.25, 0.3) is 21.9 Å². The van der Waals surface area contributed by atoms with Gasteiger partial charge in [0.25, 0.3) is 0 Å². The van der Waals surface area contributed by atoms with E-state index in [1.54, 1.807) is 12.1 Å². The van der Waals surface area contributed by atoms with Crippen molar-refractivity contribution in [2.24, 2.45) is 5.92 Å². The molecular formula is C30H31NO3. The van der Waals surface area contributed by atoms with Crippen molar-refractivity contribution in [3.8, 4) is 34.1 Å². The normalized spacial score (nSPS) is 14.2. The Balaban J connectivity index is 1.35. The van der Waals surface area contributed by atoms with Gasteiger partial charge in [-0.25, -0.2) is 0 Å². The van der Waals surface area contributed by atoms with Crippen molar-refractivity contribution < 1.29 is 14.6 Å². The Bertz CT molecular complexity index is 1260. The molecule has 1 aliphatic rings. The summed E-state index contributed by atoms with van der Waals surface area (Å²) in [6.07, 6.45) is 1.27. The maximum atomic E-state index is 9.95.